The minimum atomic E-state index is -3.78. The van der Waals surface area contributed by atoms with Crippen molar-refractivity contribution < 1.29 is 27.5 Å². The number of hydrogen-bond donors (Lipinski definition) is 2. The molecule has 1 aromatic heterocycles. The number of primary sulfonamides is 1. The molecule has 1 fully saturated rings. The van der Waals surface area contributed by atoms with Gasteiger partial charge < -0.3 is 9.52 Å². The smallest absolute Gasteiger partial charge is 0.323 e. The fraction of sp³-hybridized carbons (Fsp3) is 0.0625. The highest BCUT2D eigenvalue weighted by molar-refractivity contribution is 8.26. The summed E-state index contributed by atoms with van der Waals surface area (Å²) in [6.07, 6.45) is 1.48. The molecular weight excluding hydrogens is 412 g/mol. The number of carboxylic acid groups (broad SMARTS) is 1. The molecule has 0 radical (unpaired) electrons. The maximum Gasteiger partial charge on any atom is 0.323 e. The van der Waals surface area contributed by atoms with E-state index in [1.54, 1.807) is 24.3 Å². The summed E-state index contributed by atoms with van der Waals surface area (Å²) in [7, 11) is -3.78. The largest absolute Gasteiger partial charge is 0.480 e. The maximum absolute atomic E-state index is 12.2. The van der Waals surface area contributed by atoms with E-state index in [1.165, 1.54) is 18.2 Å². The summed E-state index contributed by atoms with van der Waals surface area (Å²) in [5.74, 6) is -0.821. The van der Waals surface area contributed by atoms with Crippen LogP contribution in [-0.4, -0.2) is 41.2 Å². The molecule has 3 rings (SSSR count). The summed E-state index contributed by atoms with van der Waals surface area (Å²) in [6, 6.07) is 9.12. The van der Waals surface area contributed by atoms with E-state index in [2.05, 4.69) is 0 Å². The van der Waals surface area contributed by atoms with Gasteiger partial charge in [0.15, 0.2) is 0 Å². The van der Waals surface area contributed by atoms with Crippen molar-refractivity contribution in [3.05, 3.63) is 47.1 Å². The van der Waals surface area contributed by atoms with E-state index in [9.17, 15) is 18.0 Å². The number of benzene rings is 1. The second kappa shape index (κ2) is 7.27. The molecule has 8 nitrogen and oxygen atoms in total. The average molecular weight is 424 g/mol. The molecule has 0 atom stereocenters. The monoisotopic (exact) mass is 424 g/mol. The number of rotatable bonds is 5. The lowest BCUT2D eigenvalue weighted by Gasteiger charge is -2.09. The number of nitrogens with zero attached hydrogens (tertiary/aromatic N) is 1. The SMILES string of the molecule is NS(=O)(=O)c1ccc(-c2ccc(C=C3SC(=S)N(CC(=O)O)C3=O)o2)cc1. The van der Waals surface area contributed by atoms with Crippen LogP contribution in [0.25, 0.3) is 17.4 Å². The summed E-state index contributed by atoms with van der Waals surface area (Å²) < 4.78 is 28.4. The van der Waals surface area contributed by atoms with Crippen LogP contribution in [0.1, 0.15) is 5.76 Å². The number of furan rings is 1. The summed E-state index contributed by atoms with van der Waals surface area (Å²) in [4.78, 5) is 24.3. The van der Waals surface area contributed by atoms with Crippen molar-refractivity contribution in [2.75, 3.05) is 6.54 Å². The molecule has 0 bridgehead atoms. The van der Waals surface area contributed by atoms with Crippen LogP contribution in [0.4, 0.5) is 0 Å². The van der Waals surface area contributed by atoms with E-state index in [4.69, 9.17) is 26.9 Å². The van der Waals surface area contributed by atoms with Gasteiger partial charge in [-0.1, -0.05) is 24.0 Å². The van der Waals surface area contributed by atoms with Gasteiger partial charge in [0.2, 0.25) is 10.0 Å². The lowest BCUT2D eigenvalue weighted by Crippen LogP contribution is -2.33. The van der Waals surface area contributed by atoms with E-state index < -0.39 is 28.4 Å². The van der Waals surface area contributed by atoms with Gasteiger partial charge in [0.25, 0.3) is 5.91 Å². The fourth-order valence-corrected chi connectivity index (χ4v) is 4.05. The summed E-state index contributed by atoms with van der Waals surface area (Å²) in [5, 5.41) is 13.9. The van der Waals surface area contributed by atoms with Crippen molar-refractivity contribution >= 4 is 56.3 Å². The summed E-state index contributed by atoms with van der Waals surface area (Å²) in [6.45, 7) is -0.498. The molecular formula is C16H12N2O6S3. The van der Waals surface area contributed by atoms with Crippen LogP contribution in [0.5, 0.6) is 0 Å². The maximum atomic E-state index is 12.2. The van der Waals surface area contributed by atoms with E-state index >= 15 is 0 Å². The molecule has 2 heterocycles. The molecule has 1 saturated heterocycles. The van der Waals surface area contributed by atoms with Crippen LogP contribution in [0.3, 0.4) is 0 Å². The topological polar surface area (TPSA) is 131 Å². The molecule has 1 aromatic carbocycles. The predicted octanol–water partition coefficient (Wildman–Crippen LogP) is 1.88. The minimum absolute atomic E-state index is 0.0138. The van der Waals surface area contributed by atoms with Gasteiger partial charge >= 0.3 is 5.97 Å². The second-order valence-electron chi connectivity index (χ2n) is 5.43. The Labute approximate surface area is 163 Å². The zero-order chi connectivity index (χ0) is 19.8. The molecule has 2 aromatic rings. The average Bonchev–Trinajstić information content (AvgIpc) is 3.15. The van der Waals surface area contributed by atoms with Gasteiger partial charge in [-0.25, -0.2) is 13.6 Å². The third kappa shape index (κ3) is 4.27. The Morgan fingerprint density at radius 1 is 1.26 bits per heavy atom. The number of thioether (sulfide) groups is 1. The zero-order valence-corrected chi connectivity index (χ0v) is 15.9. The van der Waals surface area contributed by atoms with Gasteiger partial charge in [0.05, 0.1) is 9.80 Å². The van der Waals surface area contributed by atoms with Crippen molar-refractivity contribution in [1.29, 1.82) is 0 Å². The van der Waals surface area contributed by atoms with Gasteiger partial charge in [0, 0.05) is 11.6 Å². The molecule has 0 unspecified atom stereocenters. The third-order valence-corrected chi connectivity index (χ3v) is 5.84. The van der Waals surface area contributed by atoms with Gasteiger partial charge in [-0.05, 0) is 36.4 Å². The molecule has 27 heavy (non-hydrogen) atoms. The third-order valence-electron chi connectivity index (χ3n) is 3.53. The Morgan fingerprint density at radius 3 is 2.52 bits per heavy atom. The molecule has 0 aliphatic carbocycles. The number of hydrogen-bond acceptors (Lipinski definition) is 7. The Hall–Kier alpha value is -2.47. The Kier molecular flexibility index (Phi) is 5.20. The Bertz CT molecular complexity index is 1070. The molecule has 1 aliphatic heterocycles. The van der Waals surface area contributed by atoms with E-state index in [1.807, 2.05) is 0 Å². The molecule has 140 valence electrons. The molecule has 1 aliphatic rings. The number of carboxylic acids is 1. The molecule has 11 heteroatoms. The van der Waals surface area contributed by atoms with E-state index in [0.29, 0.717) is 17.1 Å². The molecule has 3 N–H and O–H groups in total. The van der Waals surface area contributed by atoms with Crippen LogP contribution in [0.15, 0.2) is 50.6 Å². The second-order valence-corrected chi connectivity index (χ2v) is 8.67. The first-order valence-corrected chi connectivity index (χ1v) is 10.1. The number of carbonyl (C=O) groups excluding carboxylic acids is 1. The number of sulfonamides is 1. The van der Waals surface area contributed by atoms with Crippen molar-refractivity contribution in [1.82, 2.24) is 4.90 Å². The highest BCUT2D eigenvalue weighted by Gasteiger charge is 2.33. The van der Waals surface area contributed by atoms with Crippen molar-refractivity contribution in [2.24, 2.45) is 5.14 Å². The molecule has 0 saturated carbocycles. The summed E-state index contributed by atoms with van der Waals surface area (Å²) >= 11 is 6.02. The Balaban J connectivity index is 1.82. The van der Waals surface area contributed by atoms with Crippen molar-refractivity contribution in [3.63, 3.8) is 0 Å². The quantitative estimate of drug-likeness (QED) is 0.549. The fourth-order valence-electron chi connectivity index (χ4n) is 2.30. The van der Waals surface area contributed by atoms with Crippen LogP contribution in [0.2, 0.25) is 0 Å². The van der Waals surface area contributed by atoms with Crippen LogP contribution in [0, 0.1) is 0 Å². The number of aliphatic carboxylic acids is 1. The van der Waals surface area contributed by atoms with Gasteiger partial charge in [0.1, 0.15) is 22.4 Å². The van der Waals surface area contributed by atoms with Crippen LogP contribution >= 0.6 is 24.0 Å². The van der Waals surface area contributed by atoms with Crippen molar-refractivity contribution in [3.8, 4) is 11.3 Å². The predicted molar refractivity (Wildman–Crippen MR) is 103 cm³/mol. The van der Waals surface area contributed by atoms with E-state index in [0.717, 1.165) is 16.7 Å². The lowest BCUT2D eigenvalue weighted by molar-refractivity contribution is -0.140. The van der Waals surface area contributed by atoms with Gasteiger partial charge in [-0.3, -0.25) is 14.5 Å². The van der Waals surface area contributed by atoms with Gasteiger partial charge in [-0.2, -0.15) is 0 Å². The highest BCUT2D eigenvalue weighted by Crippen LogP contribution is 2.33. The molecule has 0 spiro atoms. The zero-order valence-electron chi connectivity index (χ0n) is 13.5. The molecule has 1 amide bonds. The first-order valence-electron chi connectivity index (χ1n) is 7.35. The van der Waals surface area contributed by atoms with E-state index in [-0.39, 0.29) is 14.1 Å². The minimum Gasteiger partial charge on any atom is -0.480 e. The first-order chi connectivity index (χ1) is 12.6. The first kappa shape index (κ1) is 19.3. The number of nitrogens with two attached hydrogens (primary N) is 1. The number of thiocarbonyl (C=S) groups is 1. The van der Waals surface area contributed by atoms with Crippen LogP contribution < -0.4 is 5.14 Å². The number of amides is 1. The standard InChI is InChI=1S/C16H12N2O6S3/c17-27(22,23)11-4-1-9(2-5-11)12-6-3-10(24-12)7-13-15(21)18(8-14(19)20)16(25)26-13/h1-7H,8H2,(H,19,20)(H2,17,22,23). The number of carbonyl (C=O) groups is 2. The normalized spacial score (nSPS) is 16.3. The van der Waals surface area contributed by atoms with Gasteiger partial charge in [-0.15, -0.1) is 0 Å². The highest BCUT2D eigenvalue weighted by atomic mass is 32.2. The summed E-state index contributed by atoms with van der Waals surface area (Å²) in [5.41, 5.74) is 0.625. The lowest BCUT2D eigenvalue weighted by atomic mass is 10.2. The Morgan fingerprint density at radius 2 is 1.93 bits per heavy atom. The van der Waals surface area contributed by atoms with Crippen molar-refractivity contribution in [2.45, 2.75) is 4.90 Å². The van der Waals surface area contributed by atoms with Crippen LogP contribution in [-0.2, 0) is 19.6 Å².